The van der Waals surface area contributed by atoms with Crippen LogP contribution >= 0.6 is 23.4 Å². The molecule has 78 valence electrons. The van der Waals surface area contributed by atoms with Crippen molar-refractivity contribution in [3.8, 4) is 5.75 Å². The minimum absolute atomic E-state index is 0.217. The van der Waals surface area contributed by atoms with Crippen LogP contribution in [0.5, 0.6) is 5.75 Å². The van der Waals surface area contributed by atoms with E-state index in [1.165, 1.54) is 11.8 Å². The van der Waals surface area contributed by atoms with Crippen LogP contribution in [0.4, 0.5) is 0 Å². The second-order valence-corrected chi connectivity index (χ2v) is 4.26. The fraction of sp³-hybridized carbons (Fsp3) is 0.333. The molecular weight excluding hydrogens is 222 g/mol. The number of aliphatic hydroxyl groups excluding tert-OH is 1. The number of methoxy groups -OCH3 is 1. The summed E-state index contributed by atoms with van der Waals surface area (Å²) in [7, 11) is 1.56. The van der Waals surface area contributed by atoms with Crippen molar-refractivity contribution in [2.75, 3.05) is 13.7 Å². The topological polar surface area (TPSA) is 55.5 Å². The molecule has 3 nitrogen and oxygen atoms in total. The van der Waals surface area contributed by atoms with Gasteiger partial charge in [-0.25, -0.2) is 0 Å². The first-order valence-electron chi connectivity index (χ1n) is 4.05. The molecule has 1 aromatic carbocycles. The zero-order valence-corrected chi connectivity index (χ0v) is 9.31. The van der Waals surface area contributed by atoms with E-state index in [-0.39, 0.29) is 6.54 Å². The third kappa shape index (κ3) is 3.06. The number of aliphatic hydroxyl groups is 1. The molecule has 0 saturated heterocycles. The fourth-order valence-electron chi connectivity index (χ4n) is 0.926. The van der Waals surface area contributed by atoms with Gasteiger partial charge < -0.3 is 15.6 Å². The smallest absolute Gasteiger partial charge is 0.137 e. The van der Waals surface area contributed by atoms with Gasteiger partial charge in [-0.15, -0.1) is 0 Å². The molecule has 0 amide bonds. The standard InChI is InChI=1S/C9H12ClNO2S/c1-13-8-3-2-6(4-7(8)10)14-9(12)5-11/h2-4,9,12H,5,11H2,1H3. The maximum Gasteiger partial charge on any atom is 0.137 e. The molecule has 3 N–H and O–H groups in total. The molecule has 0 aliphatic heterocycles. The average molecular weight is 234 g/mol. The minimum atomic E-state index is -0.598. The first kappa shape index (κ1) is 11.7. The molecular formula is C9H12ClNO2S. The molecule has 1 aromatic rings. The maximum atomic E-state index is 9.29. The Labute approximate surface area is 92.2 Å². The molecule has 1 atom stereocenters. The largest absolute Gasteiger partial charge is 0.495 e. The summed E-state index contributed by atoms with van der Waals surface area (Å²) < 4.78 is 5.00. The summed E-state index contributed by atoms with van der Waals surface area (Å²) in [5.41, 5.74) is 4.69. The Morgan fingerprint density at radius 2 is 2.36 bits per heavy atom. The fourth-order valence-corrected chi connectivity index (χ4v) is 1.99. The van der Waals surface area contributed by atoms with Gasteiger partial charge in [-0.05, 0) is 18.2 Å². The minimum Gasteiger partial charge on any atom is -0.495 e. The van der Waals surface area contributed by atoms with Gasteiger partial charge in [-0.1, -0.05) is 23.4 Å². The molecule has 5 heteroatoms. The van der Waals surface area contributed by atoms with Crippen molar-refractivity contribution in [3.63, 3.8) is 0 Å². The van der Waals surface area contributed by atoms with Crippen LogP contribution in [0.1, 0.15) is 0 Å². The zero-order valence-electron chi connectivity index (χ0n) is 7.74. The second-order valence-electron chi connectivity index (χ2n) is 2.60. The van der Waals surface area contributed by atoms with Crippen LogP contribution in [0.25, 0.3) is 0 Å². The highest BCUT2D eigenvalue weighted by Gasteiger charge is 2.06. The van der Waals surface area contributed by atoms with E-state index in [4.69, 9.17) is 22.1 Å². The molecule has 0 bridgehead atoms. The number of nitrogens with two attached hydrogens (primary N) is 1. The van der Waals surface area contributed by atoms with E-state index in [1.807, 2.05) is 6.07 Å². The van der Waals surface area contributed by atoms with Crippen LogP contribution in [0.3, 0.4) is 0 Å². The Balaban J connectivity index is 2.76. The van der Waals surface area contributed by atoms with Gasteiger partial charge in [0.2, 0.25) is 0 Å². The second kappa shape index (κ2) is 5.46. The van der Waals surface area contributed by atoms with Gasteiger partial charge in [0, 0.05) is 11.4 Å². The lowest BCUT2D eigenvalue weighted by Crippen LogP contribution is -2.15. The third-order valence-corrected chi connectivity index (χ3v) is 2.88. The van der Waals surface area contributed by atoms with Crippen LogP contribution in [0.15, 0.2) is 23.1 Å². The van der Waals surface area contributed by atoms with Crippen molar-refractivity contribution in [2.24, 2.45) is 5.73 Å². The molecule has 14 heavy (non-hydrogen) atoms. The number of thioether (sulfide) groups is 1. The number of ether oxygens (including phenoxy) is 1. The Kier molecular flexibility index (Phi) is 4.54. The van der Waals surface area contributed by atoms with Gasteiger partial charge in [0.05, 0.1) is 12.1 Å². The molecule has 0 saturated carbocycles. The van der Waals surface area contributed by atoms with Crippen molar-refractivity contribution in [3.05, 3.63) is 23.2 Å². The Morgan fingerprint density at radius 1 is 1.64 bits per heavy atom. The molecule has 0 fully saturated rings. The van der Waals surface area contributed by atoms with Crippen molar-refractivity contribution < 1.29 is 9.84 Å². The Bertz CT molecular complexity index is 309. The van der Waals surface area contributed by atoms with Crippen molar-refractivity contribution >= 4 is 23.4 Å². The highest BCUT2D eigenvalue weighted by Crippen LogP contribution is 2.30. The number of hydrogen-bond acceptors (Lipinski definition) is 4. The van der Waals surface area contributed by atoms with E-state index < -0.39 is 5.44 Å². The van der Waals surface area contributed by atoms with E-state index in [2.05, 4.69) is 0 Å². The van der Waals surface area contributed by atoms with Gasteiger partial charge in [-0.3, -0.25) is 0 Å². The lowest BCUT2D eigenvalue weighted by molar-refractivity contribution is 0.271. The van der Waals surface area contributed by atoms with E-state index in [0.29, 0.717) is 10.8 Å². The Hall–Kier alpha value is -0.420. The van der Waals surface area contributed by atoms with Crippen LogP contribution < -0.4 is 10.5 Å². The van der Waals surface area contributed by atoms with Crippen LogP contribution in [0.2, 0.25) is 5.02 Å². The monoisotopic (exact) mass is 233 g/mol. The summed E-state index contributed by atoms with van der Waals surface area (Å²) in [4.78, 5) is 0.869. The summed E-state index contributed by atoms with van der Waals surface area (Å²) in [6.07, 6.45) is 0. The van der Waals surface area contributed by atoms with E-state index in [0.717, 1.165) is 4.90 Å². The van der Waals surface area contributed by atoms with Gasteiger partial charge in [0.25, 0.3) is 0 Å². The summed E-state index contributed by atoms with van der Waals surface area (Å²) in [6.45, 7) is 0.217. The molecule has 1 rings (SSSR count). The summed E-state index contributed by atoms with van der Waals surface area (Å²) in [5, 5.41) is 9.82. The molecule has 1 unspecified atom stereocenters. The van der Waals surface area contributed by atoms with Gasteiger partial charge in [0.15, 0.2) is 0 Å². The maximum absolute atomic E-state index is 9.29. The highest BCUT2D eigenvalue weighted by atomic mass is 35.5. The molecule has 0 aliphatic rings. The number of benzene rings is 1. The van der Waals surface area contributed by atoms with Gasteiger partial charge in [0.1, 0.15) is 11.2 Å². The Morgan fingerprint density at radius 3 is 2.86 bits per heavy atom. The van der Waals surface area contributed by atoms with Gasteiger partial charge in [-0.2, -0.15) is 0 Å². The number of hydrogen-bond donors (Lipinski definition) is 2. The zero-order chi connectivity index (χ0) is 10.6. The van der Waals surface area contributed by atoms with E-state index in [1.54, 1.807) is 19.2 Å². The first-order valence-corrected chi connectivity index (χ1v) is 5.31. The first-order chi connectivity index (χ1) is 6.67. The van der Waals surface area contributed by atoms with Crippen LogP contribution in [-0.4, -0.2) is 24.2 Å². The summed E-state index contributed by atoms with van der Waals surface area (Å²) >= 11 is 7.17. The van der Waals surface area contributed by atoms with Crippen LogP contribution in [0, 0.1) is 0 Å². The number of rotatable bonds is 4. The molecule has 0 radical (unpaired) electrons. The summed E-state index contributed by atoms with van der Waals surface area (Å²) in [6, 6.07) is 5.33. The van der Waals surface area contributed by atoms with Gasteiger partial charge >= 0.3 is 0 Å². The van der Waals surface area contributed by atoms with Crippen molar-refractivity contribution in [1.29, 1.82) is 0 Å². The third-order valence-electron chi connectivity index (χ3n) is 1.60. The highest BCUT2D eigenvalue weighted by molar-refractivity contribution is 7.99. The van der Waals surface area contributed by atoms with Crippen molar-refractivity contribution in [2.45, 2.75) is 10.3 Å². The molecule has 0 aliphatic carbocycles. The van der Waals surface area contributed by atoms with E-state index >= 15 is 0 Å². The molecule has 0 spiro atoms. The van der Waals surface area contributed by atoms with Crippen LogP contribution in [-0.2, 0) is 0 Å². The average Bonchev–Trinajstić information content (AvgIpc) is 2.18. The lowest BCUT2D eigenvalue weighted by Gasteiger charge is -2.08. The normalized spacial score (nSPS) is 12.6. The van der Waals surface area contributed by atoms with E-state index in [9.17, 15) is 5.11 Å². The molecule has 0 aromatic heterocycles. The summed E-state index contributed by atoms with van der Waals surface area (Å²) in [5.74, 6) is 0.623. The SMILES string of the molecule is COc1ccc(SC(O)CN)cc1Cl. The molecule has 0 heterocycles. The predicted molar refractivity (Wildman–Crippen MR) is 58.9 cm³/mol. The predicted octanol–water partition coefficient (Wildman–Crippen LogP) is 1.72. The number of halogens is 1. The quantitative estimate of drug-likeness (QED) is 0.614. The van der Waals surface area contributed by atoms with Crippen molar-refractivity contribution in [1.82, 2.24) is 0 Å². The lowest BCUT2D eigenvalue weighted by atomic mass is 10.3.